The van der Waals surface area contributed by atoms with Crippen molar-refractivity contribution in [2.45, 2.75) is 18.9 Å². The van der Waals surface area contributed by atoms with Crippen molar-refractivity contribution in [2.24, 2.45) is 16.5 Å². The number of nitrogens with one attached hydrogen (secondary N) is 2. The predicted molar refractivity (Wildman–Crippen MR) is 82.7 cm³/mol. The smallest absolute Gasteiger partial charge is 0.326 e. The first-order valence-electron chi connectivity index (χ1n) is 6.85. The Kier molecular flexibility index (Phi) is 5.07. The van der Waals surface area contributed by atoms with Crippen LogP contribution in [0, 0.1) is 0 Å². The Bertz CT molecular complexity index is 736. The summed E-state index contributed by atoms with van der Waals surface area (Å²) in [6, 6.07) is 0.438. The molecule has 23 heavy (non-hydrogen) atoms. The molecule has 10 heteroatoms. The average Bonchev–Trinajstić information content (AvgIpc) is 2.97. The Balaban J connectivity index is 1.99. The van der Waals surface area contributed by atoms with Gasteiger partial charge in [0.05, 0.1) is 23.6 Å². The van der Waals surface area contributed by atoms with E-state index in [-0.39, 0.29) is 18.1 Å². The molecule has 0 bridgehead atoms. The maximum atomic E-state index is 12.1. The SMILES string of the molecule is NC(N)=NCCC[C@H](NC(=O)c1cc2nc[nH]c2cn1)C(=O)O. The number of aliphatic imine (C=N–C) groups is 1. The number of aromatic amines is 1. The van der Waals surface area contributed by atoms with Crippen molar-refractivity contribution in [2.75, 3.05) is 6.54 Å². The Labute approximate surface area is 131 Å². The zero-order chi connectivity index (χ0) is 16.8. The summed E-state index contributed by atoms with van der Waals surface area (Å²) in [4.78, 5) is 38.0. The molecule has 0 unspecified atom stereocenters. The number of fused-ring (bicyclic) bond motifs is 1. The number of rotatable bonds is 7. The van der Waals surface area contributed by atoms with Crippen LogP contribution in [0.15, 0.2) is 23.6 Å². The van der Waals surface area contributed by atoms with Gasteiger partial charge in [-0.1, -0.05) is 0 Å². The molecule has 1 amide bonds. The van der Waals surface area contributed by atoms with Crippen LogP contribution in [0.1, 0.15) is 23.3 Å². The number of guanidine groups is 1. The summed E-state index contributed by atoms with van der Waals surface area (Å²) in [5, 5.41) is 11.6. The molecule has 2 aromatic rings. The van der Waals surface area contributed by atoms with Gasteiger partial charge in [-0.2, -0.15) is 0 Å². The molecule has 0 spiro atoms. The molecule has 1 atom stereocenters. The van der Waals surface area contributed by atoms with E-state index in [1.165, 1.54) is 18.6 Å². The number of aliphatic carboxylic acids is 1. The van der Waals surface area contributed by atoms with Crippen molar-refractivity contribution >= 4 is 28.9 Å². The number of imidazole rings is 1. The second-order valence-electron chi connectivity index (χ2n) is 4.80. The molecular formula is C13H17N7O3. The van der Waals surface area contributed by atoms with E-state index in [2.05, 4.69) is 25.3 Å². The normalized spacial score (nSPS) is 11.8. The summed E-state index contributed by atoms with van der Waals surface area (Å²) in [6.45, 7) is 0.291. The summed E-state index contributed by atoms with van der Waals surface area (Å²) in [5.41, 5.74) is 11.7. The molecule has 122 valence electrons. The van der Waals surface area contributed by atoms with E-state index in [1.54, 1.807) is 0 Å². The molecular weight excluding hydrogens is 302 g/mol. The van der Waals surface area contributed by atoms with Crippen molar-refractivity contribution < 1.29 is 14.7 Å². The van der Waals surface area contributed by atoms with Gasteiger partial charge in [-0.15, -0.1) is 0 Å². The monoisotopic (exact) mass is 319 g/mol. The highest BCUT2D eigenvalue weighted by molar-refractivity contribution is 5.97. The van der Waals surface area contributed by atoms with Gasteiger partial charge in [0.2, 0.25) is 0 Å². The molecule has 7 N–H and O–H groups in total. The van der Waals surface area contributed by atoms with E-state index in [4.69, 9.17) is 11.5 Å². The maximum absolute atomic E-state index is 12.1. The minimum absolute atomic E-state index is 0.0579. The molecule has 0 fully saturated rings. The number of carboxylic acid groups (broad SMARTS) is 1. The first-order valence-corrected chi connectivity index (χ1v) is 6.85. The Hall–Kier alpha value is -3.17. The number of carbonyl (C=O) groups excluding carboxylic acids is 1. The van der Waals surface area contributed by atoms with Gasteiger partial charge in [0.25, 0.3) is 5.91 Å². The Morgan fingerprint density at radius 1 is 1.39 bits per heavy atom. The van der Waals surface area contributed by atoms with Crippen LogP contribution in [-0.4, -0.2) is 50.5 Å². The molecule has 0 saturated heterocycles. The molecule has 0 aliphatic heterocycles. The van der Waals surface area contributed by atoms with Gasteiger partial charge in [0.15, 0.2) is 5.96 Å². The van der Waals surface area contributed by atoms with Crippen molar-refractivity contribution in [3.8, 4) is 0 Å². The van der Waals surface area contributed by atoms with E-state index < -0.39 is 17.9 Å². The number of carboxylic acids is 1. The fourth-order valence-electron chi connectivity index (χ4n) is 1.95. The van der Waals surface area contributed by atoms with Crippen LogP contribution in [0.5, 0.6) is 0 Å². The second-order valence-corrected chi connectivity index (χ2v) is 4.80. The zero-order valence-electron chi connectivity index (χ0n) is 12.2. The van der Waals surface area contributed by atoms with Crippen LogP contribution in [0.3, 0.4) is 0 Å². The van der Waals surface area contributed by atoms with Gasteiger partial charge in [0.1, 0.15) is 11.7 Å². The number of nitrogens with two attached hydrogens (primary N) is 2. The Morgan fingerprint density at radius 2 is 2.17 bits per heavy atom. The lowest BCUT2D eigenvalue weighted by Gasteiger charge is -2.13. The standard InChI is InChI=1S/C13H17N7O3/c14-13(15)16-3-1-2-7(12(22)23)20-11(21)9-4-8-10(5-17-9)19-6-18-8/h4-7H,1-3H2,(H,18,19)(H,20,21)(H,22,23)(H4,14,15,16)/t7-/m0/s1. The van der Waals surface area contributed by atoms with E-state index in [0.29, 0.717) is 24.0 Å². The molecule has 10 nitrogen and oxygen atoms in total. The van der Waals surface area contributed by atoms with E-state index in [0.717, 1.165) is 0 Å². The zero-order valence-corrected chi connectivity index (χ0v) is 12.2. The second kappa shape index (κ2) is 7.20. The summed E-state index contributed by atoms with van der Waals surface area (Å²) in [7, 11) is 0. The highest BCUT2D eigenvalue weighted by atomic mass is 16.4. The van der Waals surface area contributed by atoms with Crippen molar-refractivity contribution in [1.29, 1.82) is 0 Å². The number of nitrogens with zero attached hydrogens (tertiary/aromatic N) is 3. The third-order valence-corrected chi connectivity index (χ3v) is 3.09. The Morgan fingerprint density at radius 3 is 2.87 bits per heavy atom. The van der Waals surface area contributed by atoms with Gasteiger partial charge in [0, 0.05) is 6.54 Å². The molecule has 2 rings (SSSR count). The molecule has 0 aliphatic carbocycles. The lowest BCUT2D eigenvalue weighted by molar-refractivity contribution is -0.139. The van der Waals surface area contributed by atoms with Gasteiger partial charge in [-0.3, -0.25) is 9.79 Å². The van der Waals surface area contributed by atoms with Crippen molar-refractivity contribution in [3.63, 3.8) is 0 Å². The summed E-state index contributed by atoms with van der Waals surface area (Å²) >= 11 is 0. The largest absolute Gasteiger partial charge is 0.480 e. The fourth-order valence-corrected chi connectivity index (χ4v) is 1.95. The molecule has 0 saturated carbocycles. The molecule has 2 aromatic heterocycles. The highest BCUT2D eigenvalue weighted by Crippen LogP contribution is 2.09. The molecule has 0 aliphatic rings. The quantitative estimate of drug-likeness (QED) is 0.252. The van der Waals surface area contributed by atoms with Gasteiger partial charge in [-0.05, 0) is 18.9 Å². The predicted octanol–water partition coefficient (Wildman–Crippen LogP) is -0.805. The topological polar surface area (TPSA) is 172 Å². The lowest BCUT2D eigenvalue weighted by Crippen LogP contribution is -2.41. The first-order chi connectivity index (χ1) is 11.0. The first kappa shape index (κ1) is 16.2. The minimum Gasteiger partial charge on any atom is -0.480 e. The molecule has 2 heterocycles. The fraction of sp³-hybridized carbons (Fsp3) is 0.308. The number of H-pyrrole nitrogens is 1. The van der Waals surface area contributed by atoms with Crippen molar-refractivity contribution in [1.82, 2.24) is 20.3 Å². The number of hydrogen-bond donors (Lipinski definition) is 5. The van der Waals surface area contributed by atoms with E-state index in [9.17, 15) is 14.7 Å². The number of carbonyl (C=O) groups is 2. The number of aromatic nitrogens is 3. The third kappa shape index (κ3) is 4.40. The van der Waals surface area contributed by atoms with Crippen LogP contribution in [0.4, 0.5) is 0 Å². The van der Waals surface area contributed by atoms with Crippen LogP contribution in [-0.2, 0) is 4.79 Å². The number of pyridine rings is 1. The summed E-state index contributed by atoms with van der Waals surface area (Å²) in [5.74, 6) is -1.77. The summed E-state index contributed by atoms with van der Waals surface area (Å²) < 4.78 is 0. The third-order valence-electron chi connectivity index (χ3n) is 3.09. The van der Waals surface area contributed by atoms with Crippen LogP contribution < -0.4 is 16.8 Å². The van der Waals surface area contributed by atoms with E-state index in [1.807, 2.05) is 0 Å². The molecule has 0 aromatic carbocycles. The maximum Gasteiger partial charge on any atom is 0.326 e. The van der Waals surface area contributed by atoms with Crippen LogP contribution in [0.2, 0.25) is 0 Å². The van der Waals surface area contributed by atoms with Crippen molar-refractivity contribution in [3.05, 3.63) is 24.3 Å². The van der Waals surface area contributed by atoms with E-state index >= 15 is 0 Å². The number of amides is 1. The molecule has 0 radical (unpaired) electrons. The van der Waals surface area contributed by atoms with Gasteiger partial charge in [-0.25, -0.2) is 14.8 Å². The van der Waals surface area contributed by atoms with Crippen LogP contribution in [0.25, 0.3) is 11.0 Å². The van der Waals surface area contributed by atoms with Gasteiger partial charge < -0.3 is 26.9 Å². The summed E-state index contributed by atoms with van der Waals surface area (Å²) in [6.07, 6.45) is 3.56. The number of hydrogen-bond acceptors (Lipinski definition) is 5. The minimum atomic E-state index is -1.14. The highest BCUT2D eigenvalue weighted by Gasteiger charge is 2.21. The average molecular weight is 319 g/mol. The lowest BCUT2D eigenvalue weighted by atomic mass is 10.1. The van der Waals surface area contributed by atoms with Crippen LogP contribution >= 0.6 is 0 Å². The van der Waals surface area contributed by atoms with Gasteiger partial charge >= 0.3 is 5.97 Å².